The van der Waals surface area contributed by atoms with Gasteiger partial charge in [0, 0.05) is 21.5 Å². The number of hydrogen-bond donors (Lipinski definition) is 4. The first-order chi connectivity index (χ1) is 22.7. The van der Waals surface area contributed by atoms with Crippen LogP contribution in [0.1, 0.15) is 0 Å². The number of azo groups is 2. The number of nitrogens with zero attached hydrogens (tertiary/aromatic N) is 4. The Bertz CT molecular complexity index is 2400. The van der Waals surface area contributed by atoms with E-state index in [9.17, 15) is 16.8 Å². The summed E-state index contributed by atoms with van der Waals surface area (Å²) in [6.07, 6.45) is 0. The van der Waals surface area contributed by atoms with Gasteiger partial charge in [-0.1, -0.05) is 60.7 Å². The minimum absolute atomic E-state index is 0.0284. The number of halogens is 2. The minimum Gasteiger partial charge on any atom is -0.396 e. The quantitative estimate of drug-likeness (QED) is 0.100. The Labute approximate surface area is 272 Å². The van der Waals surface area contributed by atoms with Gasteiger partial charge < -0.3 is 11.5 Å². The number of hydrogen-bond acceptors (Lipinski definition) is 10. The van der Waals surface area contributed by atoms with Crippen molar-refractivity contribution < 1.29 is 25.6 Å². The van der Waals surface area contributed by atoms with E-state index in [1.54, 1.807) is 48.5 Å². The summed E-state index contributed by atoms with van der Waals surface area (Å²) >= 11 is 0. The summed E-state index contributed by atoms with van der Waals surface area (Å²) in [4.78, 5) is -0.424. The van der Waals surface area contributed by atoms with Crippen LogP contribution in [0.4, 0.5) is 42.9 Å². The molecule has 0 heterocycles. The van der Waals surface area contributed by atoms with Crippen molar-refractivity contribution in [3.63, 3.8) is 0 Å². The van der Waals surface area contributed by atoms with E-state index in [2.05, 4.69) is 20.5 Å². The van der Waals surface area contributed by atoms with Crippen molar-refractivity contribution in [3.05, 3.63) is 109 Å². The number of fused-ring (bicyclic) bond motifs is 2. The lowest BCUT2D eigenvalue weighted by Gasteiger charge is -2.10. The maximum Gasteiger partial charge on any atom is 0.238 e. The number of primary sulfonamides is 2. The van der Waals surface area contributed by atoms with E-state index in [-0.39, 0.29) is 43.9 Å². The zero-order chi connectivity index (χ0) is 34.4. The van der Waals surface area contributed by atoms with Crippen LogP contribution >= 0.6 is 0 Å². The van der Waals surface area contributed by atoms with Crippen molar-refractivity contribution >= 4 is 75.7 Å². The Balaban J connectivity index is 1.28. The molecule has 0 bridgehead atoms. The summed E-state index contributed by atoms with van der Waals surface area (Å²) in [6, 6.07) is 23.0. The Morgan fingerprint density at radius 1 is 0.458 bits per heavy atom. The molecule has 0 aromatic heterocycles. The fraction of sp³-hybridized carbons (Fsp3) is 0. The first kappa shape index (κ1) is 32.3. The second-order valence-corrected chi connectivity index (χ2v) is 13.6. The lowest BCUT2D eigenvalue weighted by atomic mass is 10.0. The highest BCUT2D eigenvalue weighted by Crippen LogP contribution is 2.39. The molecule has 0 aliphatic carbocycles. The zero-order valence-electron chi connectivity index (χ0n) is 24.5. The minimum atomic E-state index is -4.14. The molecule has 12 nitrogen and oxygen atoms in total. The second-order valence-electron chi connectivity index (χ2n) is 10.5. The number of rotatable bonds is 7. The van der Waals surface area contributed by atoms with E-state index in [1.807, 2.05) is 0 Å². The number of benzene rings is 6. The third kappa shape index (κ3) is 6.19. The molecule has 0 amide bonds. The van der Waals surface area contributed by atoms with Gasteiger partial charge in [0.2, 0.25) is 20.0 Å². The number of nitrogens with two attached hydrogens (primary N) is 4. The van der Waals surface area contributed by atoms with E-state index in [0.29, 0.717) is 32.7 Å². The molecule has 8 N–H and O–H groups in total. The molecule has 0 atom stereocenters. The standard InChI is InChI=1S/C32H24F2N8O4S2/c33-23-13-17(9-11-25(23)39-41-27-15-29(47(37,43)44)19-5-1-3-7-21(19)31(27)35)18-10-12-26(24(34)14-18)40-42-28-16-30(48(38,45)46)20-6-2-4-8-22(20)32(28)36/h1-16H,35-36H2,(H2,37,43,44)(H2,38,45,46). The van der Waals surface area contributed by atoms with E-state index < -0.39 is 31.7 Å². The topological polar surface area (TPSA) is 222 Å². The highest BCUT2D eigenvalue weighted by atomic mass is 32.2. The second kappa shape index (κ2) is 12.2. The SMILES string of the molecule is Nc1c(N=Nc2ccc(-c3ccc(N=Nc4cc(S(N)(=O)=O)c5ccccc5c4N)c(F)c3)cc2F)cc(S(N)(=O)=O)c2ccccc12. The first-order valence-electron chi connectivity index (χ1n) is 13.8. The van der Waals surface area contributed by atoms with Gasteiger partial charge in [0.05, 0.1) is 21.2 Å². The van der Waals surface area contributed by atoms with Gasteiger partial charge in [0.25, 0.3) is 0 Å². The van der Waals surface area contributed by atoms with Crippen LogP contribution in [0.25, 0.3) is 32.7 Å². The third-order valence-electron chi connectivity index (χ3n) is 7.43. The lowest BCUT2D eigenvalue weighted by Crippen LogP contribution is -2.13. The van der Waals surface area contributed by atoms with Crippen LogP contribution < -0.4 is 21.7 Å². The average Bonchev–Trinajstić information content (AvgIpc) is 3.04. The molecule has 48 heavy (non-hydrogen) atoms. The predicted molar refractivity (Wildman–Crippen MR) is 180 cm³/mol. The van der Waals surface area contributed by atoms with E-state index in [4.69, 9.17) is 21.7 Å². The molecule has 242 valence electrons. The van der Waals surface area contributed by atoms with E-state index >= 15 is 8.78 Å². The fourth-order valence-electron chi connectivity index (χ4n) is 5.09. The Kier molecular flexibility index (Phi) is 8.18. The van der Waals surface area contributed by atoms with Crippen LogP contribution in [0.2, 0.25) is 0 Å². The van der Waals surface area contributed by atoms with Crippen molar-refractivity contribution in [2.75, 3.05) is 11.5 Å². The molecular formula is C32H24F2N8O4S2. The van der Waals surface area contributed by atoms with Crippen molar-refractivity contribution in [1.82, 2.24) is 0 Å². The molecular weight excluding hydrogens is 663 g/mol. The van der Waals surface area contributed by atoms with Gasteiger partial charge in [0.15, 0.2) is 11.6 Å². The van der Waals surface area contributed by atoms with Crippen molar-refractivity contribution in [2.45, 2.75) is 9.79 Å². The summed E-state index contributed by atoms with van der Waals surface area (Å²) in [5, 5.41) is 27.9. The summed E-state index contributed by atoms with van der Waals surface area (Å²) in [5.41, 5.74) is 12.8. The van der Waals surface area contributed by atoms with Gasteiger partial charge in [-0.2, -0.15) is 0 Å². The van der Waals surface area contributed by atoms with Crippen LogP contribution in [0.5, 0.6) is 0 Å². The molecule has 0 radical (unpaired) electrons. The normalized spacial score (nSPS) is 12.5. The molecule has 6 aromatic carbocycles. The molecule has 6 aromatic rings. The Morgan fingerprint density at radius 3 is 1.12 bits per heavy atom. The lowest BCUT2D eigenvalue weighted by molar-refractivity contribution is 0.597. The molecule has 0 aliphatic heterocycles. The van der Waals surface area contributed by atoms with Gasteiger partial charge in [0.1, 0.15) is 22.7 Å². The van der Waals surface area contributed by atoms with Crippen LogP contribution in [0, 0.1) is 11.6 Å². The smallest absolute Gasteiger partial charge is 0.238 e. The van der Waals surface area contributed by atoms with Crippen LogP contribution in [-0.2, 0) is 20.0 Å². The first-order valence-corrected chi connectivity index (χ1v) is 16.9. The van der Waals surface area contributed by atoms with Gasteiger partial charge in [-0.15, -0.1) is 20.5 Å². The molecule has 6 rings (SSSR count). The van der Waals surface area contributed by atoms with Crippen molar-refractivity contribution in [3.8, 4) is 11.1 Å². The summed E-state index contributed by atoms with van der Waals surface area (Å²) in [5.74, 6) is -1.60. The number of anilines is 2. The maximum absolute atomic E-state index is 15.1. The molecule has 0 fully saturated rings. The highest BCUT2D eigenvalue weighted by molar-refractivity contribution is 7.89. The van der Waals surface area contributed by atoms with Crippen LogP contribution in [0.3, 0.4) is 0 Å². The van der Waals surface area contributed by atoms with Crippen LogP contribution in [0.15, 0.2) is 127 Å². The number of nitrogen functional groups attached to an aromatic ring is 2. The molecule has 0 aliphatic rings. The summed E-state index contributed by atoms with van der Waals surface area (Å²) < 4.78 is 79.0. The maximum atomic E-state index is 15.1. The largest absolute Gasteiger partial charge is 0.396 e. The predicted octanol–water partition coefficient (Wildman–Crippen LogP) is 7.23. The average molecular weight is 687 g/mol. The number of sulfonamides is 2. The summed E-state index contributed by atoms with van der Waals surface area (Å²) in [7, 11) is -8.29. The molecule has 0 saturated heterocycles. The monoisotopic (exact) mass is 686 g/mol. The van der Waals surface area contributed by atoms with Crippen molar-refractivity contribution in [1.29, 1.82) is 0 Å². The highest BCUT2D eigenvalue weighted by Gasteiger charge is 2.19. The van der Waals surface area contributed by atoms with Crippen molar-refractivity contribution in [2.24, 2.45) is 30.7 Å². The van der Waals surface area contributed by atoms with Gasteiger partial charge in [-0.05, 0) is 47.5 Å². The van der Waals surface area contributed by atoms with Gasteiger partial charge in [-0.25, -0.2) is 35.9 Å². The van der Waals surface area contributed by atoms with E-state index in [1.165, 1.54) is 24.3 Å². The van der Waals surface area contributed by atoms with E-state index in [0.717, 1.165) is 24.3 Å². The molecule has 0 spiro atoms. The Hall–Kier alpha value is -5.68. The van der Waals surface area contributed by atoms with Gasteiger partial charge in [-0.3, -0.25) is 0 Å². The van der Waals surface area contributed by atoms with Gasteiger partial charge >= 0.3 is 0 Å². The molecule has 0 unspecified atom stereocenters. The molecule has 0 saturated carbocycles. The zero-order valence-corrected chi connectivity index (χ0v) is 26.2. The van der Waals surface area contributed by atoms with Crippen LogP contribution in [-0.4, -0.2) is 16.8 Å². The summed E-state index contributed by atoms with van der Waals surface area (Å²) in [6.45, 7) is 0. The fourth-order valence-corrected chi connectivity index (χ4v) is 6.61. The molecule has 16 heteroatoms. The Morgan fingerprint density at radius 2 is 0.792 bits per heavy atom. The third-order valence-corrected chi connectivity index (χ3v) is 9.33.